The van der Waals surface area contributed by atoms with Crippen molar-refractivity contribution < 1.29 is 13.2 Å². The first-order valence-electron chi connectivity index (χ1n) is 4.95. The normalized spacial score (nSPS) is 29.3. The van der Waals surface area contributed by atoms with Crippen molar-refractivity contribution in [2.24, 2.45) is 5.92 Å². The van der Waals surface area contributed by atoms with Gasteiger partial charge in [0, 0.05) is 22.7 Å². The molecule has 0 bridgehead atoms. The predicted molar refractivity (Wildman–Crippen MR) is 52.1 cm³/mol. The van der Waals surface area contributed by atoms with Gasteiger partial charge in [0.2, 0.25) is 0 Å². The molecule has 1 aromatic rings. The molecule has 1 nitrogen and oxygen atoms in total. The largest absolute Gasteiger partial charge is 0.417 e. The first kappa shape index (κ1) is 9.66. The molecule has 2 unspecified atom stereocenters. The first-order chi connectivity index (χ1) is 7.07. The van der Waals surface area contributed by atoms with Gasteiger partial charge in [0.15, 0.2) is 0 Å². The minimum Gasteiger partial charge on any atom is -0.316 e. The number of hydrogen-bond acceptors (Lipinski definition) is 2. The summed E-state index contributed by atoms with van der Waals surface area (Å²) >= 11 is 1.27. The number of fused-ring (bicyclic) bond motifs is 3. The van der Waals surface area contributed by atoms with Gasteiger partial charge in [0.05, 0.1) is 5.56 Å². The molecule has 1 saturated heterocycles. The second-order valence-corrected chi connectivity index (χ2v) is 5.18. The van der Waals surface area contributed by atoms with E-state index in [4.69, 9.17) is 0 Å². The van der Waals surface area contributed by atoms with Crippen LogP contribution >= 0.6 is 11.3 Å². The molecule has 2 aliphatic rings. The molecule has 0 radical (unpaired) electrons. The summed E-state index contributed by atoms with van der Waals surface area (Å²) in [5, 5.41) is 4.45. The van der Waals surface area contributed by atoms with E-state index in [0.29, 0.717) is 18.0 Å². The van der Waals surface area contributed by atoms with Crippen LogP contribution in [0.3, 0.4) is 0 Å². The second-order valence-electron chi connectivity index (χ2n) is 4.21. The molecule has 2 atom stereocenters. The van der Waals surface area contributed by atoms with Gasteiger partial charge in [-0.1, -0.05) is 0 Å². The quantitative estimate of drug-likeness (QED) is 0.726. The summed E-state index contributed by atoms with van der Waals surface area (Å²) in [4.78, 5) is 0.957. The Morgan fingerprint density at radius 2 is 2.13 bits per heavy atom. The Hall–Kier alpha value is -0.550. The lowest BCUT2D eigenvalue weighted by atomic mass is 9.94. The average Bonchev–Trinajstić information content (AvgIpc) is 2.68. The first-order valence-corrected chi connectivity index (χ1v) is 5.83. The predicted octanol–water partition coefficient (Wildman–Crippen LogP) is 2.63. The minimum absolute atomic E-state index is 0.0999. The maximum Gasteiger partial charge on any atom is 0.417 e. The van der Waals surface area contributed by atoms with Crippen molar-refractivity contribution in [3.63, 3.8) is 0 Å². The van der Waals surface area contributed by atoms with Gasteiger partial charge in [-0.25, -0.2) is 0 Å². The van der Waals surface area contributed by atoms with Gasteiger partial charge in [0.25, 0.3) is 0 Å². The molecule has 82 valence electrons. The summed E-state index contributed by atoms with van der Waals surface area (Å²) in [6.07, 6.45) is -3.35. The van der Waals surface area contributed by atoms with Gasteiger partial charge in [0.1, 0.15) is 0 Å². The smallest absolute Gasteiger partial charge is 0.316 e. The summed E-state index contributed by atoms with van der Waals surface area (Å²) in [7, 11) is 0. The van der Waals surface area contributed by atoms with Crippen LogP contribution in [0, 0.1) is 5.92 Å². The molecular formula is C10H10F3NS. The van der Waals surface area contributed by atoms with Crippen LogP contribution in [0.25, 0.3) is 0 Å². The molecular weight excluding hydrogens is 223 g/mol. The van der Waals surface area contributed by atoms with Crippen molar-refractivity contribution in [1.29, 1.82) is 0 Å². The van der Waals surface area contributed by atoms with E-state index in [1.54, 1.807) is 0 Å². The average molecular weight is 233 g/mol. The number of alkyl halides is 3. The molecule has 2 heterocycles. The minimum atomic E-state index is -4.18. The molecule has 0 aromatic carbocycles. The lowest BCUT2D eigenvalue weighted by Gasteiger charge is -2.12. The highest BCUT2D eigenvalue weighted by molar-refractivity contribution is 7.10. The van der Waals surface area contributed by atoms with Crippen LogP contribution in [-0.2, 0) is 12.6 Å². The number of halogens is 3. The highest BCUT2D eigenvalue weighted by atomic mass is 32.1. The summed E-state index contributed by atoms with van der Waals surface area (Å²) in [6.45, 7) is 1.57. The van der Waals surface area contributed by atoms with E-state index in [1.807, 2.05) is 0 Å². The Morgan fingerprint density at radius 3 is 2.87 bits per heavy atom. The molecule has 0 spiro atoms. The number of hydrogen-bond donors (Lipinski definition) is 1. The van der Waals surface area contributed by atoms with Crippen molar-refractivity contribution in [2.75, 3.05) is 13.1 Å². The van der Waals surface area contributed by atoms with Crippen LogP contribution < -0.4 is 5.32 Å². The van der Waals surface area contributed by atoms with E-state index in [0.717, 1.165) is 17.8 Å². The number of rotatable bonds is 0. The lowest BCUT2D eigenvalue weighted by Crippen LogP contribution is -2.12. The van der Waals surface area contributed by atoms with Crippen molar-refractivity contribution in [1.82, 2.24) is 5.32 Å². The standard InChI is InChI=1S/C10H10F3NS/c11-10(12,13)7-4-15-8-1-5-2-14-3-6(5)9(7)8/h4-6,14H,1-3H2. The Balaban J connectivity index is 2.08. The fraction of sp³-hybridized carbons (Fsp3) is 0.600. The van der Waals surface area contributed by atoms with Gasteiger partial charge in [-0.2, -0.15) is 13.2 Å². The third-order valence-corrected chi connectivity index (χ3v) is 4.40. The number of nitrogens with one attached hydrogen (secondary N) is 1. The maximum atomic E-state index is 12.7. The van der Waals surface area contributed by atoms with E-state index < -0.39 is 11.7 Å². The molecule has 1 fully saturated rings. The topological polar surface area (TPSA) is 12.0 Å². The fourth-order valence-corrected chi connectivity index (χ4v) is 3.93. The zero-order chi connectivity index (χ0) is 10.6. The van der Waals surface area contributed by atoms with Gasteiger partial charge in [-0.15, -0.1) is 11.3 Å². The maximum absolute atomic E-state index is 12.7. The van der Waals surface area contributed by atoms with E-state index in [-0.39, 0.29) is 5.92 Å². The summed E-state index contributed by atoms with van der Waals surface area (Å²) in [6, 6.07) is 0. The molecule has 1 aromatic heterocycles. The van der Waals surface area contributed by atoms with Gasteiger partial charge in [-0.3, -0.25) is 0 Å². The second kappa shape index (κ2) is 2.98. The molecule has 0 amide bonds. The van der Waals surface area contributed by atoms with Crippen molar-refractivity contribution in [3.8, 4) is 0 Å². The fourth-order valence-electron chi connectivity index (χ4n) is 2.71. The Bertz CT molecular complexity index is 396. The highest BCUT2D eigenvalue weighted by Gasteiger charge is 2.44. The van der Waals surface area contributed by atoms with E-state index >= 15 is 0 Å². The van der Waals surface area contributed by atoms with Crippen molar-refractivity contribution in [3.05, 3.63) is 21.4 Å². The Labute approximate surface area is 89.3 Å². The highest BCUT2D eigenvalue weighted by Crippen LogP contribution is 2.49. The molecule has 1 aliphatic carbocycles. The zero-order valence-electron chi connectivity index (χ0n) is 7.90. The Morgan fingerprint density at radius 1 is 1.33 bits per heavy atom. The third-order valence-electron chi connectivity index (χ3n) is 3.37. The lowest BCUT2D eigenvalue weighted by molar-refractivity contribution is -0.138. The third kappa shape index (κ3) is 1.33. The van der Waals surface area contributed by atoms with Crippen LogP contribution in [0.5, 0.6) is 0 Å². The Kier molecular flexibility index (Phi) is 1.92. The van der Waals surface area contributed by atoms with E-state index in [2.05, 4.69) is 5.32 Å². The summed E-state index contributed by atoms with van der Waals surface area (Å²) in [5.74, 6) is 0.497. The van der Waals surface area contributed by atoms with Crippen LogP contribution in [0.1, 0.15) is 21.9 Å². The zero-order valence-corrected chi connectivity index (χ0v) is 8.71. The monoisotopic (exact) mass is 233 g/mol. The molecule has 1 N–H and O–H groups in total. The van der Waals surface area contributed by atoms with E-state index in [1.165, 1.54) is 16.7 Å². The van der Waals surface area contributed by atoms with Crippen LogP contribution in [0.2, 0.25) is 0 Å². The van der Waals surface area contributed by atoms with Crippen LogP contribution in [0.4, 0.5) is 13.2 Å². The molecule has 15 heavy (non-hydrogen) atoms. The summed E-state index contributed by atoms with van der Waals surface area (Å²) < 4.78 is 38.2. The molecule has 5 heteroatoms. The molecule has 1 aliphatic heterocycles. The van der Waals surface area contributed by atoms with Crippen molar-refractivity contribution in [2.45, 2.75) is 18.5 Å². The van der Waals surface area contributed by atoms with Gasteiger partial charge >= 0.3 is 6.18 Å². The van der Waals surface area contributed by atoms with E-state index in [9.17, 15) is 13.2 Å². The number of thiophene rings is 1. The van der Waals surface area contributed by atoms with Crippen LogP contribution in [-0.4, -0.2) is 13.1 Å². The van der Waals surface area contributed by atoms with Crippen LogP contribution in [0.15, 0.2) is 5.38 Å². The molecule has 0 saturated carbocycles. The molecule has 3 rings (SSSR count). The van der Waals surface area contributed by atoms with Gasteiger partial charge < -0.3 is 5.32 Å². The summed E-state index contributed by atoms with van der Waals surface area (Å²) in [5.41, 5.74) is 0.196. The van der Waals surface area contributed by atoms with Gasteiger partial charge in [-0.05, 0) is 24.4 Å². The SMILES string of the molecule is FC(F)(F)c1csc2c1C1CNCC1C2. The van der Waals surface area contributed by atoms with Crippen molar-refractivity contribution >= 4 is 11.3 Å².